The molecule has 1 aliphatic carbocycles. The molecule has 0 aliphatic heterocycles. The Morgan fingerprint density at radius 2 is 1.48 bits per heavy atom. The number of aliphatic carboxylic acids is 2. The zero-order valence-electron chi connectivity index (χ0n) is 11.3. The van der Waals surface area contributed by atoms with Gasteiger partial charge in [-0.3, -0.25) is 9.59 Å². The summed E-state index contributed by atoms with van der Waals surface area (Å²) in [7, 11) is 0. The van der Waals surface area contributed by atoms with Crippen molar-refractivity contribution in [1.82, 2.24) is 0 Å². The summed E-state index contributed by atoms with van der Waals surface area (Å²) in [6.07, 6.45) is -0.891. The highest BCUT2D eigenvalue weighted by Crippen LogP contribution is 2.44. The van der Waals surface area contributed by atoms with E-state index in [9.17, 15) is 10.2 Å². The van der Waals surface area contributed by atoms with Gasteiger partial charge in [0.2, 0.25) is 0 Å². The lowest BCUT2D eigenvalue weighted by Crippen LogP contribution is -2.59. The molecule has 1 fully saturated rings. The first kappa shape index (κ1) is 24.0. The van der Waals surface area contributed by atoms with E-state index in [-0.39, 0.29) is 9.65 Å². The number of carbonyl (C=O) groups is 2. The van der Waals surface area contributed by atoms with Gasteiger partial charge >= 0.3 is 0 Å². The molecule has 0 spiro atoms. The molecule has 6 nitrogen and oxygen atoms in total. The average molecular weight is 566 g/mol. The third-order valence-corrected chi connectivity index (χ3v) is 8.91. The number of hydrogen-bond donors (Lipinski definition) is 4. The van der Waals surface area contributed by atoms with Gasteiger partial charge in [-0.25, -0.2) is 0 Å². The van der Waals surface area contributed by atoms with E-state index in [4.69, 9.17) is 19.8 Å². The molecular weight excluding hydrogens is 548 g/mol. The number of halogens is 4. The quantitative estimate of drug-likeness (QED) is 0.363. The molecule has 5 unspecified atom stereocenters. The molecule has 0 bridgehead atoms. The van der Waals surface area contributed by atoms with E-state index in [1.807, 2.05) is 0 Å². The van der Waals surface area contributed by atoms with E-state index in [0.29, 0.717) is 11.8 Å². The van der Waals surface area contributed by atoms with Gasteiger partial charge in [0, 0.05) is 28.8 Å². The minimum Gasteiger partial charge on any atom is -0.481 e. The molecule has 0 aromatic rings. The lowest BCUT2D eigenvalue weighted by Gasteiger charge is -2.44. The highest BCUT2D eigenvalue weighted by atomic mass is 79.9. The zero-order chi connectivity index (χ0) is 17.4. The van der Waals surface area contributed by atoms with Crippen LogP contribution in [0.4, 0.5) is 0 Å². The van der Waals surface area contributed by atoms with Crippen LogP contribution in [0, 0.1) is 0 Å². The maximum absolute atomic E-state index is 9.81. The predicted octanol–water partition coefficient (Wildman–Crippen LogP) is 2.35. The second-order valence-electron chi connectivity index (χ2n) is 4.26. The Balaban J connectivity index is 0. The van der Waals surface area contributed by atoms with E-state index in [2.05, 4.69) is 63.7 Å². The van der Waals surface area contributed by atoms with Crippen molar-refractivity contribution in [1.29, 1.82) is 0 Å². The summed E-state index contributed by atoms with van der Waals surface area (Å²) in [6, 6.07) is 0. The summed E-state index contributed by atoms with van der Waals surface area (Å²) in [5.74, 6) is -1.67. The summed E-state index contributed by atoms with van der Waals surface area (Å²) in [6.45, 7) is 2.17. The van der Waals surface area contributed by atoms with Gasteiger partial charge < -0.3 is 20.4 Å². The molecule has 1 aliphatic rings. The number of carboxylic acids is 2. The number of hydrogen-bond acceptors (Lipinski definition) is 4. The van der Waals surface area contributed by atoms with Gasteiger partial charge in [-0.15, -0.1) is 0 Å². The molecule has 5 atom stereocenters. The van der Waals surface area contributed by atoms with Crippen LogP contribution in [0.25, 0.3) is 0 Å². The summed E-state index contributed by atoms with van der Waals surface area (Å²) >= 11 is 13.8. The maximum atomic E-state index is 9.81. The molecule has 126 valence electrons. The van der Waals surface area contributed by atoms with Crippen LogP contribution in [0.3, 0.4) is 0 Å². The summed E-state index contributed by atoms with van der Waals surface area (Å²) < 4.78 is -0.515. The summed E-state index contributed by atoms with van der Waals surface area (Å²) in [4.78, 5) is 18.2. The average Bonchev–Trinajstić information content (AvgIpc) is 2.32. The smallest absolute Gasteiger partial charge is 0.300 e. The summed E-state index contributed by atoms with van der Waals surface area (Å²) in [5.41, 5.74) is 0. The predicted molar refractivity (Wildman–Crippen MR) is 94.1 cm³/mol. The van der Waals surface area contributed by atoms with Crippen LogP contribution in [-0.4, -0.2) is 63.9 Å². The first-order valence-electron chi connectivity index (χ1n) is 5.68. The van der Waals surface area contributed by atoms with Gasteiger partial charge in [0.05, 0.1) is 16.5 Å². The van der Waals surface area contributed by atoms with Gasteiger partial charge in [-0.05, 0) is 6.42 Å². The molecule has 0 saturated heterocycles. The minimum atomic E-state index is -0.833. The molecule has 10 heteroatoms. The van der Waals surface area contributed by atoms with Crippen molar-refractivity contribution in [3.63, 3.8) is 0 Å². The van der Waals surface area contributed by atoms with Crippen molar-refractivity contribution < 1.29 is 30.0 Å². The normalized spacial score (nSPS) is 34.7. The Bertz CT molecular complexity index is 307. The fraction of sp³-hybridized carbons (Fsp3) is 0.818. The van der Waals surface area contributed by atoms with E-state index in [1.54, 1.807) is 0 Å². The molecule has 0 aromatic heterocycles. The summed E-state index contributed by atoms with van der Waals surface area (Å²) in [5, 5.41) is 34.8. The highest BCUT2D eigenvalue weighted by molar-refractivity contribution is 9.14. The van der Waals surface area contributed by atoms with Crippen LogP contribution < -0.4 is 0 Å². The van der Waals surface area contributed by atoms with Crippen LogP contribution in [0.5, 0.6) is 0 Å². The Morgan fingerprint density at radius 3 is 1.76 bits per heavy atom. The molecule has 0 radical (unpaired) electrons. The maximum Gasteiger partial charge on any atom is 0.300 e. The number of aliphatic hydroxyl groups is 2. The second kappa shape index (κ2) is 11.3. The van der Waals surface area contributed by atoms with Crippen LogP contribution in [0.15, 0.2) is 0 Å². The number of aliphatic hydroxyl groups excluding tert-OH is 2. The van der Waals surface area contributed by atoms with Gasteiger partial charge in [-0.1, -0.05) is 63.7 Å². The van der Waals surface area contributed by atoms with Crippen molar-refractivity contribution in [2.24, 2.45) is 0 Å². The van der Waals surface area contributed by atoms with Crippen molar-refractivity contribution in [3.05, 3.63) is 0 Å². The fourth-order valence-corrected chi connectivity index (χ4v) is 5.01. The molecule has 1 saturated carbocycles. The second-order valence-corrected chi connectivity index (χ2v) is 8.46. The van der Waals surface area contributed by atoms with Crippen LogP contribution in [0.2, 0.25) is 0 Å². The van der Waals surface area contributed by atoms with Gasteiger partial charge in [0.15, 0.2) is 0 Å². The Morgan fingerprint density at radius 1 is 1.14 bits per heavy atom. The monoisotopic (exact) mass is 562 g/mol. The SMILES string of the molecule is CC(=O)O.CC(=O)O.OC1CC(Br)C(Br)C(Br)(CBr)C1O. The van der Waals surface area contributed by atoms with E-state index < -0.39 is 28.5 Å². The third kappa shape index (κ3) is 9.50. The van der Waals surface area contributed by atoms with E-state index in [1.165, 1.54) is 0 Å². The third-order valence-electron chi connectivity index (χ3n) is 2.30. The number of carboxylic acid groups (broad SMARTS) is 2. The molecule has 21 heavy (non-hydrogen) atoms. The first-order valence-corrected chi connectivity index (χ1v) is 9.42. The Labute approximate surface area is 156 Å². The van der Waals surface area contributed by atoms with E-state index >= 15 is 0 Å². The molecular formula is C11H18Br4O6. The van der Waals surface area contributed by atoms with Gasteiger partial charge in [0.1, 0.15) is 0 Å². The molecule has 4 N–H and O–H groups in total. The highest BCUT2D eigenvalue weighted by Gasteiger charge is 2.51. The molecule has 0 aromatic carbocycles. The molecule has 0 amide bonds. The van der Waals surface area contributed by atoms with Gasteiger partial charge in [0.25, 0.3) is 11.9 Å². The van der Waals surface area contributed by atoms with Crippen molar-refractivity contribution in [2.45, 2.75) is 46.5 Å². The lowest BCUT2D eigenvalue weighted by atomic mass is 9.85. The molecule has 1 rings (SSSR count). The lowest BCUT2D eigenvalue weighted by molar-refractivity contribution is -0.135. The number of rotatable bonds is 1. The van der Waals surface area contributed by atoms with Crippen LogP contribution in [0.1, 0.15) is 20.3 Å². The zero-order valence-corrected chi connectivity index (χ0v) is 17.7. The largest absolute Gasteiger partial charge is 0.481 e. The van der Waals surface area contributed by atoms with E-state index in [0.717, 1.165) is 13.8 Å². The first-order chi connectivity index (χ1) is 9.39. The Kier molecular flexibility index (Phi) is 13.0. The van der Waals surface area contributed by atoms with Crippen LogP contribution >= 0.6 is 63.7 Å². The van der Waals surface area contributed by atoms with Crippen molar-refractivity contribution in [3.8, 4) is 0 Å². The Hall–Kier alpha value is 0.780. The topological polar surface area (TPSA) is 115 Å². The van der Waals surface area contributed by atoms with Crippen molar-refractivity contribution >= 4 is 75.7 Å². The van der Waals surface area contributed by atoms with Crippen LogP contribution in [-0.2, 0) is 9.59 Å². The van der Waals surface area contributed by atoms with Gasteiger partial charge in [-0.2, -0.15) is 0 Å². The van der Waals surface area contributed by atoms with Crippen molar-refractivity contribution in [2.75, 3.05) is 5.33 Å². The molecule has 0 heterocycles. The standard InChI is InChI=1S/C7H10Br4O2.2C2H4O2/c8-2-7(11)5(10)3(9)1-4(12)6(7)13;2*1-2(3)4/h3-6,12-13H,1-2H2;2*1H3,(H,3,4). The number of alkyl halides is 4. The fourth-order valence-electron chi connectivity index (χ4n) is 1.42. The minimum absolute atomic E-state index is 0.0813.